The van der Waals surface area contributed by atoms with Crippen LogP contribution in [-0.2, 0) is 4.79 Å². The molecule has 1 amide bonds. The molecule has 0 aliphatic heterocycles. The van der Waals surface area contributed by atoms with E-state index in [1.807, 2.05) is 55.5 Å². The van der Waals surface area contributed by atoms with Gasteiger partial charge in [-0.25, -0.2) is 4.98 Å². The van der Waals surface area contributed by atoms with Crippen molar-refractivity contribution in [3.63, 3.8) is 0 Å². The highest BCUT2D eigenvalue weighted by Crippen LogP contribution is 2.30. The van der Waals surface area contributed by atoms with Crippen molar-refractivity contribution in [1.82, 2.24) is 4.98 Å². The summed E-state index contributed by atoms with van der Waals surface area (Å²) in [6, 6.07) is 15.2. The first-order chi connectivity index (χ1) is 12.6. The number of nitrogens with zero attached hydrogens (tertiary/aromatic N) is 1. The predicted molar refractivity (Wildman–Crippen MR) is 105 cm³/mol. The van der Waals surface area contributed by atoms with Crippen LogP contribution >= 0.6 is 11.8 Å². The van der Waals surface area contributed by atoms with Crippen LogP contribution in [0.15, 0.2) is 53.6 Å². The molecule has 26 heavy (non-hydrogen) atoms. The largest absolute Gasteiger partial charge is 0.495 e. The molecule has 0 radical (unpaired) electrons. The third kappa shape index (κ3) is 3.91. The zero-order valence-corrected chi connectivity index (χ0v) is 15.7. The first-order valence-corrected chi connectivity index (χ1v) is 9.11. The van der Waals surface area contributed by atoms with Gasteiger partial charge in [0.25, 0.3) is 0 Å². The number of thioether (sulfide) groups is 1. The number of aromatic nitrogens is 1. The quantitative estimate of drug-likeness (QED) is 0.658. The van der Waals surface area contributed by atoms with Crippen LogP contribution in [0.4, 0.5) is 5.69 Å². The number of carbonyl (C=O) groups is 1. The molecule has 1 heterocycles. The molecule has 0 saturated carbocycles. The van der Waals surface area contributed by atoms with Crippen molar-refractivity contribution in [3.05, 3.63) is 54.1 Å². The molecule has 0 aliphatic carbocycles. The Morgan fingerprint density at radius 3 is 2.58 bits per heavy atom. The molecule has 0 fully saturated rings. The number of benzene rings is 2. The number of anilines is 1. The highest BCUT2D eigenvalue weighted by atomic mass is 32.2. The minimum Gasteiger partial charge on any atom is -0.495 e. The maximum atomic E-state index is 12.3. The number of rotatable bonds is 6. The fraction of sp³-hybridized carbons (Fsp3) is 0.200. The van der Waals surface area contributed by atoms with E-state index in [-0.39, 0.29) is 11.7 Å². The van der Waals surface area contributed by atoms with Gasteiger partial charge < -0.3 is 14.8 Å². The lowest BCUT2D eigenvalue weighted by molar-refractivity contribution is -0.113. The van der Waals surface area contributed by atoms with E-state index in [2.05, 4.69) is 10.3 Å². The summed E-state index contributed by atoms with van der Waals surface area (Å²) in [5, 5.41) is 4.70. The summed E-state index contributed by atoms with van der Waals surface area (Å²) in [6.07, 6.45) is 0. The lowest BCUT2D eigenvalue weighted by Gasteiger charge is -2.11. The van der Waals surface area contributed by atoms with Gasteiger partial charge in [0.2, 0.25) is 5.91 Å². The van der Waals surface area contributed by atoms with Gasteiger partial charge in [-0.1, -0.05) is 36.0 Å². The molecular weight excluding hydrogens is 348 g/mol. The molecule has 0 bridgehead atoms. The normalized spacial score (nSPS) is 10.6. The van der Waals surface area contributed by atoms with E-state index in [1.54, 1.807) is 14.2 Å². The van der Waals surface area contributed by atoms with Gasteiger partial charge in [0.15, 0.2) is 0 Å². The van der Waals surface area contributed by atoms with Crippen LogP contribution in [0.2, 0.25) is 0 Å². The summed E-state index contributed by atoms with van der Waals surface area (Å²) in [6.45, 7) is 2.03. The highest BCUT2D eigenvalue weighted by molar-refractivity contribution is 7.99. The number of ether oxygens (including phenoxy) is 2. The zero-order chi connectivity index (χ0) is 18.5. The van der Waals surface area contributed by atoms with Gasteiger partial charge in [0.05, 0.1) is 30.7 Å². The van der Waals surface area contributed by atoms with E-state index in [4.69, 9.17) is 9.47 Å². The fourth-order valence-electron chi connectivity index (χ4n) is 2.67. The van der Waals surface area contributed by atoms with E-state index < -0.39 is 0 Å². The van der Waals surface area contributed by atoms with Gasteiger partial charge in [0, 0.05) is 5.39 Å². The van der Waals surface area contributed by atoms with Gasteiger partial charge in [0.1, 0.15) is 17.0 Å². The molecule has 1 N–H and O–H groups in total. The Morgan fingerprint density at radius 2 is 1.81 bits per heavy atom. The van der Waals surface area contributed by atoms with Gasteiger partial charge >= 0.3 is 0 Å². The maximum absolute atomic E-state index is 12.3. The molecule has 0 atom stereocenters. The second-order valence-corrected chi connectivity index (χ2v) is 6.67. The van der Waals surface area contributed by atoms with Gasteiger partial charge in [-0.3, -0.25) is 4.79 Å². The SMILES string of the molecule is COc1ccccc1NC(=O)CSc1cc(C)c2cccc(OC)c2n1. The van der Waals surface area contributed by atoms with Crippen LogP contribution in [0.25, 0.3) is 10.9 Å². The summed E-state index contributed by atoms with van der Waals surface area (Å²) < 4.78 is 10.7. The number of hydrogen-bond donors (Lipinski definition) is 1. The zero-order valence-electron chi connectivity index (χ0n) is 14.9. The lowest BCUT2D eigenvalue weighted by Crippen LogP contribution is -2.14. The van der Waals surface area contributed by atoms with Crippen molar-refractivity contribution in [2.75, 3.05) is 25.3 Å². The Morgan fingerprint density at radius 1 is 1.08 bits per heavy atom. The molecule has 1 aromatic heterocycles. The average Bonchev–Trinajstić information content (AvgIpc) is 2.66. The predicted octanol–water partition coefficient (Wildman–Crippen LogP) is 4.29. The second-order valence-electron chi connectivity index (χ2n) is 5.67. The van der Waals surface area contributed by atoms with Gasteiger partial charge in [-0.15, -0.1) is 0 Å². The number of fused-ring (bicyclic) bond motifs is 1. The van der Waals surface area contributed by atoms with Crippen molar-refractivity contribution in [1.29, 1.82) is 0 Å². The Labute approximate surface area is 156 Å². The van der Waals surface area contributed by atoms with E-state index >= 15 is 0 Å². The summed E-state index contributed by atoms with van der Waals surface area (Å²) in [7, 11) is 3.21. The molecule has 3 rings (SSSR count). The van der Waals surface area contributed by atoms with E-state index in [0.717, 1.165) is 27.2 Å². The number of pyridine rings is 1. The van der Waals surface area contributed by atoms with Crippen LogP contribution in [0, 0.1) is 6.92 Å². The smallest absolute Gasteiger partial charge is 0.234 e. The standard InChI is InChI=1S/C20H20N2O3S/c1-13-11-19(22-20-14(13)7-6-10-17(20)25-3)26-12-18(23)21-15-8-4-5-9-16(15)24-2/h4-11H,12H2,1-3H3,(H,21,23). The second kappa shape index (κ2) is 8.10. The van der Waals surface area contributed by atoms with Crippen LogP contribution in [0.1, 0.15) is 5.56 Å². The van der Waals surface area contributed by atoms with Crippen molar-refractivity contribution in [2.45, 2.75) is 11.9 Å². The first-order valence-electron chi connectivity index (χ1n) is 8.12. The Balaban J connectivity index is 1.74. The van der Waals surface area contributed by atoms with Crippen LogP contribution in [0.3, 0.4) is 0 Å². The number of nitrogens with one attached hydrogen (secondary N) is 1. The van der Waals surface area contributed by atoms with Crippen molar-refractivity contribution < 1.29 is 14.3 Å². The molecule has 0 spiro atoms. The summed E-state index contributed by atoms with van der Waals surface area (Å²) in [5.74, 6) is 1.51. The molecule has 6 heteroatoms. The first kappa shape index (κ1) is 18.1. The van der Waals surface area contributed by atoms with Crippen LogP contribution < -0.4 is 14.8 Å². The summed E-state index contributed by atoms with van der Waals surface area (Å²) >= 11 is 1.39. The Bertz CT molecular complexity index is 943. The molecule has 2 aromatic carbocycles. The highest BCUT2D eigenvalue weighted by Gasteiger charge is 2.11. The number of hydrogen-bond acceptors (Lipinski definition) is 5. The number of carbonyl (C=O) groups excluding carboxylic acids is 1. The Hall–Kier alpha value is -2.73. The third-order valence-corrected chi connectivity index (χ3v) is 4.85. The number of amides is 1. The average molecular weight is 368 g/mol. The van der Waals surface area contributed by atoms with Crippen LogP contribution in [0.5, 0.6) is 11.5 Å². The summed E-state index contributed by atoms with van der Waals surface area (Å²) in [4.78, 5) is 16.9. The van der Waals surface area contributed by atoms with Crippen molar-refractivity contribution in [2.24, 2.45) is 0 Å². The van der Waals surface area contributed by atoms with Crippen molar-refractivity contribution in [3.8, 4) is 11.5 Å². The molecule has 0 aliphatic rings. The molecule has 3 aromatic rings. The monoisotopic (exact) mass is 368 g/mol. The molecule has 0 unspecified atom stereocenters. The molecular formula is C20H20N2O3S. The van der Waals surface area contributed by atoms with E-state index in [9.17, 15) is 4.79 Å². The molecule has 0 saturated heterocycles. The Kier molecular flexibility index (Phi) is 5.63. The van der Waals surface area contributed by atoms with Gasteiger partial charge in [-0.05, 0) is 36.8 Å². The number of aryl methyl sites for hydroxylation is 1. The topological polar surface area (TPSA) is 60.5 Å². The maximum Gasteiger partial charge on any atom is 0.234 e. The lowest BCUT2D eigenvalue weighted by atomic mass is 10.1. The molecule has 134 valence electrons. The minimum absolute atomic E-state index is 0.112. The minimum atomic E-state index is -0.112. The van der Waals surface area contributed by atoms with E-state index in [0.29, 0.717) is 11.4 Å². The molecule has 5 nitrogen and oxygen atoms in total. The van der Waals surface area contributed by atoms with Gasteiger partial charge in [-0.2, -0.15) is 0 Å². The fourth-order valence-corrected chi connectivity index (χ4v) is 3.44. The van der Waals surface area contributed by atoms with Crippen molar-refractivity contribution >= 4 is 34.3 Å². The summed E-state index contributed by atoms with van der Waals surface area (Å²) in [5.41, 5.74) is 2.56. The van der Waals surface area contributed by atoms with Crippen LogP contribution in [-0.4, -0.2) is 30.9 Å². The number of methoxy groups -OCH3 is 2. The van der Waals surface area contributed by atoms with E-state index in [1.165, 1.54) is 11.8 Å². The number of para-hydroxylation sites is 3. The third-order valence-electron chi connectivity index (χ3n) is 3.94.